The first-order valence-electron chi connectivity index (χ1n) is 8.83. The lowest BCUT2D eigenvalue weighted by Gasteiger charge is -2.16. The summed E-state index contributed by atoms with van der Waals surface area (Å²) in [5.41, 5.74) is 2.32. The van der Waals surface area contributed by atoms with E-state index in [1.165, 1.54) is 29.7 Å². The Balaban J connectivity index is 1.61. The molecule has 1 heterocycles. The van der Waals surface area contributed by atoms with E-state index in [-0.39, 0.29) is 12.5 Å². The molecule has 0 unspecified atom stereocenters. The number of hydrogen-bond acceptors (Lipinski definition) is 4. The molecule has 138 valence electrons. The van der Waals surface area contributed by atoms with Crippen molar-refractivity contribution >= 4 is 23.2 Å². The van der Waals surface area contributed by atoms with Gasteiger partial charge in [-0.3, -0.25) is 4.79 Å². The van der Waals surface area contributed by atoms with Crippen LogP contribution in [0.15, 0.2) is 30.3 Å². The highest BCUT2D eigenvalue weighted by Gasteiger charge is 2.19. The van der Waals surface area contributed by atoms with E-state index >= 15 is 0 Å². The van der Waals surface area contributed by atoms with Gasteiger partial charge in [-0.2, -0.15) is 0 Å². The molecule has 0 saturated heterocycles. The van der Waals surface area contributed by atoms with Gasteiger partial charge in [-0.1, -0.05) is 18.6 Å². The molecule has 0 atom stereocenters. The minimum Gasteiger partial charge on any atom is -0.482 e. The average Bonchev–Trinajstić information content (AvgIpc) is 2.91. The van der Waals surface area contributed by atoms with Crippen LogP contribution in [-0.2, 0) is 24.2 Å². The van der Waals surface area contributed by atoms with Crippen molar-refractivity contribution in [2.45, 2.75) is 38.6 Å². The van der Waals surface area contributed by atoms with Crippen LogP contribution in [0.2, 0.25) is 0 Å². The number of amides is 1. The van der Waals surface area contributed by atoms with Crippen LogP contribution in [-0.4, -0.2) is 35.5 Å². The molecule has 3 rings (SSSR count). The molecule has 0 radical (unpaired) electrons. The predicted octanol–water partition coefficient (Wildman–Crippen LogP) is 3.75. The van der Waals surface area contributed by atoms with E-state index in [0.29, 0.717) is 12.3 Å². The van der Waals surface area contributed by atoms with Crippen LogP contribution >= 0.6 is 11.3 Å². The zero-order valence-electron chi connectivity index (χ0n) is 14.9. The summed E-state index contributed by atoms with van der Waals surface area (Å²) in [5, 5.41) is 8.63. The van der Waals surface area contributed by atoms with Gasteiger partial charge < -0.3 is 14.7 Å². The van der Waals surface area contributed by atoms with Gasteiger partial charge in [0, 0.05) is 18.5 Å². The first kappa shape index (κ1) is 18.5. The summed E-state index contributed by atoms with van der Waals surface area (Å²) >= 11 is 1.64. The molecular weight excluding hydrogens is 350 g/mol. The van der Waals surface area contributed by atoms with Gasteiger partial charge in [0.05, 0.1) is 4.88 Å². The molecule has 0 spiro atoms. The summed E-state index contributed by atoms with van der Waals surface area (Å²) < 4.78 is 5.12. The maximum absolute atomic E-state index is 12.7. The van der Waals surface area contributed by atoms with Crippen molar-refractivity contribution in [2.24, 2.45) is 0 Å². The lowest BCUT2D eigenvalue weighted by Crippen LogP contribution is -2.25. The van der Waals surface area contributed by atoms with E-state index < -0.39 is 5.97 Å². The maximum atomic E-state index is 12.7. The number of ether oxygens (including phenoxy) is 1. The molecule has 0 fully saturated rings. The largest absolute Gasteiger partial charge is 0.482 e. The van der Waals surface area contributed by atoms with Crippen LogP contribution in [0.5, 0.6) is 5.75 Å². The number of rotatable bonds is 6. The molecule has 0 aliphatic heterocycles. The highest BCUT2D eigenvalue weighted by atomic mass is 32.1. The van der Waals surface area contributed by atoms with Gasteiger partial charge in [-0.05, 0) is 55.0 Å². The van der Waals surface area contributed by atoms with Crippen molar-refractivity contribution in [1.82, 2.24) is 4.90 Å². The molecule has 1 aromatic carbocycles. The number of benzene rings is 1. The number of hydrogen-bond donors (Lipinski definition) is 1. The number of carbonyl (C=O) groups is 2. The molecule has 1 amide bonds. The Labute approximate surface area is 157 Å². The summed E-state index contributed by atoms with van der Waals surface area (Å²) in [7, 11) is 1.81. The smallest absolute Gasteiger partial charge is 0.341 e. The van der Waals surface area contributed by atoms with Gasteiger partial charge in [-0.25, -0.2) is 4.79 Å². The summed E-state index contributed by atoms with van der Waals surface area (Å²) in [6.07, 6.45) is 5.88. The Morgan fingerprint density at radius 2 is 1.88 bits per heavy atom. The zero-order chi connectivity index (χ0) is 18.5. The van der Waals surface area contributed by atoms with Crippen LogP contribution in [0.25, 0.3) is 0 Å². The van der Waals surface area contributed by atoms with Crippen molar-refractivity contribution in [1.29, 1.82) is 0 Å². The van der Waals surface area contributed by atoms with Gasteiger partial charge in [-0.15, -0.1) is 11.3 Å². The predicted molar refractivity (Wildman–Crippen MR) is 101 cm³/mol. The summed E-state index contributed by atoms with van der Waals surface area (Å²) in [6.45, 7) is 0.140. The van der Waals surface area contributed by atoms with Gasteiger partial charge in [0.25, 0.3) is 5.91 Å². The van der Waals surface area contributed by atoms with Gasteiger partial charge in [0.1, 0.15) is 5.75 Å². The fraction of sp³-hybridized carbons (Fsp3) is 0.400. The van der Waals surface area contributed by atoms with E-state index in [4.69, 9.17) is 9.84 Å². The molecule has 0 saturated carbocycles. The lowest BCUT2D eigenvalue weighted by molar-refractivity contribution is -0.139. The molecule has 0 bridgehead atoms. The highest BCUT2D eigenvalue weighted by molar-refractivity contribution is 7.14. The summed E-state index contributed by atoms with van der Waals surface area (Å²) in [4.78, 5) is 27.2. The van der Waals surface area contributed by atoms with Gasteiger partial charge in [0.15, 0.2) is 6.61 Å². The van der Waals surface area contributed by atoms with Crippen LogP contribution in [0, 0.1) is 0 Å². The number of nitrogens with zero attached hydrogens (tertiary/aromatic N) is 1. The Morgan fingerprint density at radius 1 is 1.15 bits per heavy atom. The van der Waals surface area contributed by atoms with Crippen LogP contribution in [0.4, 0.5) is 0 Å². The fourth-order valence-electron chi connectivity index (χ4n) is 3.14. The maximum Gasteiger partial charge on any atom is 0.341 e. The van der Waals surface area contributed by atoms with Crippen LogP contribution in [0.3, 0.4) is 0 Å². The van der Waals surface area contributed by atoms with Crippen LogP contribution in [0.1, 0.15) is 44.9 Å². The molecule has 2 aromatic rings. The second kappa shape index (κ2) is 8.36. The van der Waals surface area contributed by atoms with Crippen LogP contribution < -0.4 is 4.74 Å². The summed E-state index contributed by atoms with van der Waals surface area (Å²) in [5.74, 6) is -0.449. The van der Waals surface area contributed by atoms with E-state index in [0.717, 1.165) is 23.3 Å². The van der Waals surface area contributed by atoms with Gasteiger partial charge >= 0.3 is 5.97 Å². The monoisotopic (exact) mass is 373 g/mol. The third-order valence-corrected chi connectivity index (χ3v) is 5.73. The first-order chi connectivity index (χ1) is 12.5. The second-order valence-electron chi connectivity index (χ2n) is 6.61. The van der Waals surface area contributed by atoms with E-state index in [1.54, 1.807) is 28.4 Å². The van der Waals surface area contributed by atoms with Crippen molar-refractivity contribution in [3.63, 3.8) is 0 Å². The standard InChI is InChI=1S/C20H23NO4S/c1-21(12-14-7-9-16(10-8-14)25-13-19(22)23)20(24)18-11-15-5-3-2-4-6-17(15)26-18/h7-11H,2-6,12-13H2,1H3,(H,22,23). The number of aryl methyl sites for hydroxylation is 2. The molecule has 26 heavy (non-hydrogen) atoms. The third kappa shape index (κ3) is 4.64. The minimum atomic E-state index is -1.01. The summed E-state index contributed by atoms with van der Waals surface area (Å²) in [6, 6.07) is 9.23. The lowest BCUT2D eigenvalue weighted by atomic mass is 10.1. The molecule has 1 aliphatic rings. The SMILES string of the molecule is CN(Cc1ccc(OCC(=O)O)cc1)C(=O)c1cc2c(s1)CCCCC2. The normalized spacial score (nSPS) is 13.6. The molecule has 1 aliphatic carbocycles. The van der Waals surface area contributed by atoms with Gasteiger partial charge in [0.2, 0.25) is 0 Å². The van der Waals surface area contributed by atoms with Crippen molar-refractivity contribution in [3.8, 4) is 5.75 Å². The number of carboxylic acids is 1. The zero-order valence-corrected chi connectivity index (χ0v) is 15.7. The number of fused-ring (bicyclic) bond motifs is 1. The number of carboxylic acid groups (broad SMARTS) is 1. The topological polar surface area (TPSA) is 66.8 Å². The second-order valence-corrected chi connectivity index (χ2v) is 7.74. The third-order valence-electron chi connectivity index (χ3n) is 4.51. The average molecular weight is 373 g/mol. The number of aliphatic carboxylic acids is 1. The van der Waals surface area contributed by atoms with Crippen molar-refractivity contribution in [2.75, 3.05) is 13.7 Å². The minimum absolute atomic E-state index is 0.0503. The Morgan fingerprint density at radius 3 is 2.62 bits per heavy atom. The fourth-order valence-corrected chi connectivity index (χ4v) is 4.39. The van der Waals surface area contributed by atoms with Crippen molar-refractivity contribution in [3.05, 3.63) is 51.2 Å². The Hall–Kier alpha value is -2.34. The quantitative estimate of drug-likeness (QED) is 0.783. The highest BCUT2D eigenvalue weighted by Crippen LogP contribution is 2.29. The molecule has 1 aromatic heterocycles. The van der Waals surface area contributed by atoms with E-state index in [1.807, 2.05) is 19.2 Å². The van der Waals surface area contributed by atoms with Crippen molar-refractivity contribution < 1.29 is 19.4 Å². The molecule has 1 N–H and O–H groups in total. The molecule has 5 nitrogen and oxygen atoms in total. The number of thiophene rings is 1. The van der Waals surface area contributed by atoms with E-state index in [9.17, 15) is 9.59 Å². The number of carbonyl (C=O) groups excluding carboxylic acids is 1. The van der Waals surface area contributed by atoms with E-state index in [2.05, 4.69) is 6.07 Å². The molecular formula is C20H23NO4S. The Kier molecular flexibility index (Phi) is 5.93. The Bertz CT molecular complexity index is 758. The first-order valence-corrected chi connectivity index (χ1v) is 9.65. The molecule has 6 heteroatoms.